The van der Waals surface area contributed by atoms with E-state index in [4.69, 9.17) is 4.98 Å². The molecule has 0 radical (unpaired) electrons. The van der Waals surface area contributed by atoms with E-state index in [-0.39, 0.29) is 0 Å². The van der Waals surface area contributed by atoms with Crippen molar-refractivity contribution < 1.29 is 0 Å². The Kier molecular flexibility index (Phi) is 5.95. The minimum atomic E-state index is 0.764. The van der Waals surface area contributed by atoms with E-state index in [9.17, 15) is 0 Å². The minimum absolute atomic E-state index is 0.764. The highest BCUT2D eigenvalue weighted by Crippen LogP contribution is 2.27. The molecule has 5 nitrogen and oxygen atoms in total. The molecule has 0 spiro atoms. The monoisotopic (exact) mass is 395 g/mol. The molecule has 1 aliphatic heterocycles. The van der Waals surface area contributed by atoms with Crippen molar-refractivity contribution in [2.24, 2.45) is 4.99 Å². The normalized spacial score (nSPS) is 16.4. The second-order valence-electron chi connectivity index (χ2n) is 7.49. The Morgan fingerprint density at radius 2 is 2.07 bits per heavy atom. The van der Waals surface area contributed by atoms with Crippen molar-refractivity contribution in [1.82, 2.24) is 15.2 Å². The number of nitrogens with one attached hydrogen (secondary N) is 1. The molecule has 0 saturated heterocycles. The van der Waals surface area contributed by atoms with Gasteiger partial charge in [0.25, 0.3) is 0 Å². The molecule has 4 rings (SSSR count). The lowest BCUT2D eigenvalue weighted by molar-refractivity contribution is 0.474. The number of anilines is 1. The van der Waals surface area contributed by atoms with Gasteiger partial charge in [-0.2, -0.15) is 0 Å². The molecule has 2 aliphatic rings. The summed E-state index contributed by atoms with van der Waals surface area (Å²) in [5.74, 6) is 0.904. The van der Waals surface area contributed by atoms with Crippen molar-refractivity contribution in [3.05, 3.63) is 57.6 Å². The van der Waals surface area contributed by atoms with E-state index in [1.54, 1.807) is 0 Å². The van der Waals surface area contributed by atoms with Crippen LogP contribution in [0.2, 0.25) is 0 Å². The van der Waals surface area contributed by atoms with Crippen molar-refractivity contribution in [2.45, 2.75) is 38.8 Å². The van der Waals surface area contributed by atoms with E-state index in [0.717, 1.165) is 38.6 Å². The van der Waals surface area contributed by atoms with Crippen LogP contribution < -0.4 is 10.2 Å². The van der Waals surface area contributed by atoms with E-state index in [1.165, 1.54) is 46.1 Å². The lowest BCUT2D eigenvalue weighted by Gasteiger charge is -2.22. The van der Waals surface area contributed by atoms with Crippen LogP contribution in [0.1, 0.15) is 34.0 Å². The van der Waals surface area contributed by atoms with Gasteiger partial charge in [0.1, 0.15) is 5.01 Å². The molecule has 0 saturated carbocycles. The zero-order valence-electron chi connectivity index (χ0n) is 16.8. The lowest BCUT2D eigenvalue weighted by Crippen LogP contribution is -2.38. The van der Waals surface area contributed by atoms with E-state index >= 15 is 0 Å². The average molecular weight is 396 g/mol. The molecule has 0 fully saturated rings. The van der Waals surface area contributed by atoms with E-state index < -0.39 is 0 Å². The highest BCUT2D eigenvalue weighted by atomic mass is 32.1. The Labute approximate surface area is 171 Å². The summed E-state index contributed by atoms with van der Waals surface area (Å²) in [6, 6.07) is 8.75. The van der Waals surface area contributed by atoms with Gasteiger partial charge < -0.3 is 15.1 Å². The van der Waals surface area contributed by atoms with Crippen molar-refractivity contribution in [3.63, 3.8) is 0 Å². The van der Waals surface area contributed by atoms with E-state index in [2.05, 4.69) is 63.6 Å². The van der Waals surface area contributed by atoms with E-state index in [1.807, 2.05) is 18.4 Å². The second kappa shape index (κ2) is 8.78. The van der Waals surface area contributed by atoms with Gasteiger partial charge in [0.2, 0.25) is 0 Å². The van der Waals surface area contributed by atoms with Gasteiger partial charge in [-0.3, -0.25) is 4.99 Å². The number of nitrogens with zero attached hydrogens (tertiary/aromatic N) is 4. The van der Waals surface area contributed by atoms with Crippen LogP contribution in [0, 0.1) is 0 Å². The molecule has 1 aromatic heterocycles. The van der Waals surface area contributed by atoms with Crippen LogP contribution in [0.3, 0.4) is 0 Å². The van der Waals surface area contributed by atoms with Crippen molar-refractivity contribution >= 4 is 23.0 Å². The van der Waals surface area contributed by atoms with Gasteiger partial charge in [-0.05, 0) is 43.4 Å². The summed E-state index contributed by atoms with van der Waals surface area (Å²) in [5, 5.41) is 4.70. The fraction of sp³-hybridized carbons (Fsp3) is 0.455. The standard InChI is InChI=1S/C22H29N5S/c1-23-22(26(2)16-21-25-19-10-3-4-11-20(19)28-21)24-15-17-8-7-9-18(14-17)27-12-5-6-13-27/h5-9,14H,3-4,10-13,15-16H2,1-2H3,(H,23,24). The number of rotatable bonds is 5. The molecule has 0 amide bonds. The zero-order valence-corrected chi connectivity index (χ0v) is 17.6. The quantitative estimate of drug-likeness (QED) is 0.477. The Balaban J connectivity index is 1.35. The summed E-state index contributed by atoms with van der Waals surface area (Å²) in [6.45, 7) is 3.56. The van der Waals surface area contributed by atoms with Gasteiger partial charge in [0, 0.05) is 44.3 Å². The Morgan fingerprint density at radius 1 is 1.25 bits per heavy atom. The molecule has 1 aliphatic carbocycles. The number of hydrogen-bond donors (Lipinski definition) is 1. The molecule has 2 aromatic rings. The summed E-state index contributed by atoms with van der Waals surface area (Å²) in [4.78, 5) is 15.4. The highest BCUT2D eigenvalue weighted by Gasteiger charge is 2.17. The summed E-state index contributed by atoms with van der Waals surface area (Å²) >= 11 is 1.88. The summed E-state index contributed by atoms with van der Waals surface area (Å²) in [6.07, 6.45) is 9.37. The minimum Gasteiger partial charge on any atom is -0.364 e. The smallest absolute Gasteiger partial charge is 0.194 e. The third-order valence-corrected chi connectivity index (χ3v) is 6.52. The fourth-order valence-electron chi connectivity index (χ4n) is 3.87. The molecule has 28 heavy (non-hydrogen) atoms. The largest absolute Gasteiger partial charge is 0.364 e. The maximum atomic E-state index is 4.86. The van der Waals surface area contributed by atoms with Gasteiger partial charge in [0.15, 0.2) is 5.96 Å². The molecular weight excluding hydrogens is 366 g/mol. The van der Waals surface area contributed by atoms with Crippen molar-refractivity contribution in [3.8, 4) is 0 Å². The first kappa shape index (κ1) is 19.0. The molecule has 148 valence electrons. The number of fused-ring (bicyclic) bond motifs is 1. The number of guanidine groups is 1. The highest BCUT2D eigenvalue weighted by molar-refractivity contribution is 7.11. The lowest BCUT2D eigenvalue weighted by atomic mass is 10.0. The first-order chi connectivity index (χ1) is 13.7. The molecular formula is C22H29N5S. The topological polar surface area (TPSA) is 43.8 Å². The Bertz CT molecular complexity index is 838. The van der Waals surface area contributed by atoms with Crippen molar-refractivity contribution in [1.29, 1.82) is 0 Å². The number of aliphatic imine (C=N–C) groups is 1. The maximum absolute atomic E-state index is 4.86. The zero-order chi connectivity index (χ0) is 19.3. The van der Waals surface area contributed by atoms with Gasteiger partial charge in [-0.15, -0.1) is 11.3 Å². The average Bonchev–Trinajstić information content (AvgIpc) is 3.38. The predicted octanol–water partition coefficient (Wildman–Crippen LogP) is 3.61. The third-order valence-electron chi connectivity index (χ3n) is 5.38. The fourth-order valence-corrected chi connectivity index (χ4v) is 5.08. The van der Waals surface area contributed by atoms with Crippen LogP contribution in [-0.4, -0.2) is 43.0 Å². The van der Waals surface area contributed by atoms with Crippen LogP contribution in [-0.2, 0) is 25.9 Å². The molecule has 1 aromatic carbocycles. The van der Waals surface area contributed by atoms with Crippen LogP contribution in [0.5, 0.6) is 0 Å². The Hall–Kier alpha value is -2.34. The second-order valence-corrected chi connectivity index (χ2v) is 8.66. The van der Waals surface area contributed by atoms with Crippen LogP contribution >= 0.6 is 11.3 Å². The van der Waals surface area contributed by atoms with Crippen LogP contribution in [0.4, 0.5) is 5.69 Å². The number of hydrogen-bond acceptors (Lipinski definition) is 4. The summed E-state index contributed by atoms with van der Waals surface area (Å²) in [7, 11) is 3.93. The molecule has 0 unspecified atom stereocenters. The van der Waals surface area contributed by atoms with Gasteiger partial charge >= 0.3 is 0 Å². The maximum Gasteiger partial charge on any atom is 0.194 e. The molecule has 2 heterocycles. The molecule has 0 atom stereocenters. The Morgan fingerprint density at radius 3 is 2.86 bits per heavy atom. The van der Waals surface area contributed by atoms with Gasteiger partial charge in [-0.25, -0.2) is 4.98 Å². The van der Waals surface area contributed by atoms with E-state index in [0.29, 0.717) is 0 Å². The molecule has 0 bridgehead atoms. The predicted molar refractivity (Wildman–Crippen MR) is 118 cm³/mol. The first-order valence-electron chi connectivity index (χ1n) is 10.1. The number of thiazole rings is 1. The number of aryl methyl sites for hydroxylation is 2. The summed E-state index contributed by atoms with van der Waals surface area (Å²) < 4.78 is 0. The number of benzene rings is 1. The number of aromatic nitrogens is 1. The van der Waals surface area contributed by atoms with Crippen LogP contribution in [0.25, 0.3) is 0 Å². The van der Waals surface area contributed by atoms with Crippen molar-refractivity contribution in [2.75, 3.05) is 32.1 Å². The van der Waals surface area contributed by atoms with Crippen LogP contribution in [0.15, 0.2) is 41.4 Å². The molecule has 6 heteroatoms. The third kappa shape index (κ3) is 4.38. The SMILES string of the molecule is CN=C(NCc1cccc(N2CC=CC2)c1)N(C)Cc1nc2c(s1)CCCC2. The first-order valence-corrected chi connectivity index (χ1v) is 10.9. The van der Waals surface area contributed by atoms with Gasteiger partial charge in [-0.1, -0.05) is 24.3 Å². The molecule has 1 N–H and O–H groups in total. The van der Waals surface area contributed by atoms with Gasteiger partial charge in [0.05, 0.1) is 12.2 Å². The summed E-state index contributed by atoms with van der Waals surface area (Å²) in [5.41, 5.74) is 3.88.